The highest BCUT2D eigenvalue weighted by molar-refractivity contribution is 6.28. The lowest BCUT2D eigenvalue weighted by atomic mass is 10.3. The predicted octanol–water partition coefficient (Wildman–Crippen LogP) is 1.09. The third-order valence-corrected chi connectivity index (χ3v) is 2.90. The molecule has 0 bridgehead atoms. The van der Waals surface area contributed by atoms with Crippen molar-refractivity contribution in [2.45, 2.75) is 0 Å². The molecular formula is C10H12ClN5O. The quantitative estimate of drug-likeness (QED) is 0.760. The van der Waals surface area contributed by atoms with Gasteiger partial charge >= 0.3 is 0 Å². The van der Waals surface area contributed by atoms with Crippen molar-refractivity contribution < 1.29 is 4.74 Å². The minimum absolute atomic E-state index is 0.245. The molecule has 1 aromatic heterocycles. The minimum Gasteiger partial charge on any atom is -0.378 e. The summed E-state index contributed by atoms with van der Waals surface area (Å²) in [5.74, 6) is 1.49. The number of hydrogen-bond acceptors (Lipinski definition) is 6. The summed E-state index contributed by atoms with van der Waals surface area (Å²) in [6, 6.07) is 0. The smallest absolute Gasteiger partial charge is 0.226 e. The fourth-order valence-corrected chi connectivity index (χ4v) is 2.10. The van der Waals surface area contributed by atoms with Crippen molar-refractivity contribution >= 4 is 35.1 Å². The second-order valence-electron chi connectivity index (χ2n) is 3.81. The van der Waals surface area contributed by atoms with Gasteiger partial charge in [-0.25, -0.2) is 0 Å². The summed E-state index contributed by atoms with van der Waals surface area (Å²) >= 11 is 5.93. The molecule has 1 fully saturated rings. The summed E-state index contributed by atoms with van der Waals surface area (Å²) < 4.78 is 5.32. The van der Waals surface area contributed by atoms with Crippen LogP contribution < -0.4 is 10.2 Å². The second kappa shape index (κ2) is 4.46. The van der Waals surface area contributed by atoms with E-state index in [0.29, 0.717) is 25.6 Å². The lowest BCUT2D eigenvalue weighted by molar-refractivity contribution is 0.122. The summed E-state index contributed by atoms with van der Waals surface area (Å²) in [5, 5.41) is 3.39. The van der Waals surface area contributed by atoms with E-state index in [1.807, 2.05) is 6.21 Å². The number of nitrogens with one attached hydrogen (secondary N) is 1. The third kappa shape index (κ3) is 2.05. The molecule has 0 aliphatic carbocycles. The summed E-state index contributed by atoms with van der Waals surface area (Å²) in [6.07, 6.45) is 1.81. The summed E-state index contributed by atoms with van der Waals surface area (Å²) in [4.78, 5) is 14.9. The zero-order valence-corrected chi connectivity index (χ0v) is 9.94. The molecule has 1 N–H and O–H groups in total. The number of morpholine rings is 1. The number of anilines is 2. The summed E-state index contributed by atoms with van der Waals surface area (Å²) in [7, 11) is 0. The zero-order chi connectivity index (χ0) is 11.7. The van der Waals surface area contributed by atoms with Crippen LogP contribution in [-0.4, -0.2) is 49.0 Å². The van der Waals surface area contributed by atoms with Crippen molar-refractivity contribution in [3.63, 3.8) is 0 Å². The van der Waals surface area contributed by atoms with Crippen molar-refractivity contribution in [3.05, 3.63) is 5.28 Å². The van der Waals surface area contributed by atoms with E-state index < -0.39 is 0 Å². The van der Waals surface area contributed by atoms with E-state index in [-0.39, 0.29) is 5.28 Å². The van der Waals surface area contributed by atoms with E-state index in [1.54, 1.807) is 0 Å². The van der Waals surface area contributed by atoms with Crippen molar-refractivity contribution in [2.75, 3.05) is 43.1 Å². The van der Waals surface area contributed by atoms with Gasteiger partial charge in [0.25, 0.3) is 0 Å². The number of rotatable bonds is 1. The van der Waals surface area contributed by atoms with Gasteiger partial charge in [-0.1, -0.05) is 0 Å². The standard InChI is InChI=1S/C10H12ClN5O/c11-10-14-8-7(12-1-2-13-8)9(15-10)16-3-5-17-6-4-16/h1H,2-6H2,(H,13,14,15). The normalized spacial score (nSPS) is 18.8. The van der Waals surface area contributed by atoms with Crippen LogP contribution in [-0.2, 0) is 4.74 Å². The fraction of sp³-hybridized carbons (Fsp3) is 0.500. The Morgan fingerprint density at radius 2 is 2.12 bits per heavy atom. The average Bonchev–Trinajstić information content (AvgIpc) is 2.39. The van der Waals surface area contributed by atoms with Crippen LogP contribution in [0.2, 0.25) is 5.28 Å². The zero-order valence-electron chi connectivity index (χ0n) is 9.19. The van der Waals surface area contributed by atoms with Crippen molar-refractivity contribution in [2.24, 2.45) is 4.99 Å². The van der Waals surface area contributed by atoms with Crippen molar-refractivity contribution in [3.8, 4) is 0 Å². The maximum absolute atomic E-state index is 5.93. The molecule has 3 heterocycles. The van der Waals surface area contributed by atoms with Crippen LogP contribution in [0.1, 0.15) is 0 Å². The lowest BCUT2D eigenvalue weighted by Gasteiger charge is -2.29. The number of fused-ring (bicyclic) bond motifs is 1. The SMILES string of the molecule is Clc1nc2c(c(N3CCOCC3)n1)N=CCN2. The first-order valence-electron chi connectivity index (χ1n) is 5.51. The van der Waals surface area contributed by atoms with Gasteiger partial charge in [0.1, 0.15) is 5.69 Å². The monoisotopic (exact) mass is 253 g/mol. The molecule has 0 atom stereocenters. The Morgan fingerprint density at radius 3 is 2.94 bits per heavy atom. The molecule has 0 amide bonds. The van der Waals surface area contributed by atoms with Crippen LogP contribution in [0.4, 0.5) is 17.3 Å². The first kappa shape index (κ1) is 10.7. The van der Waals surface area contributed by atoms with Crippen LogP contribution in [0.15, 0.2) is 4.99 Å². The second-order valence-corrected chi connectivity index (χ2v) is 4.14. The van der Waals surface area contributed by atoms with Crippen molar-refractivity contribution in [1.29, 1.82) is 0 Å². The van der Waals surface area contributed by atoms with Gasteiger partial charge in [0, 0.05) is 19.3 Å². The third-order valence-electron chi connectivity index (χ3n) is 2.73. The minimum atomic E-state index is 0.245. The van der Waals surface area contributed by atoms with E-state index in [1.165, 1.54) is 0 Å². The molecule has 3 rings (SSSR count). The van der Waals surface area contributed by atoms with Gasteiger partial charge in [-0.3, -0.25) is 4.99 Å². The molecule has 1 aromatic rings. The van der Waals surface area contributed by atoms with E-state index in [4.69, 9.17) is 16.3 Å². The molecule has 0 spiro atoms. The van der Waals surface area contributed by atoms with Crippen LogP contribution in [0.3, 0.4) is 0 Å². The van der Waals surface area contributed by atoms with E-state index in [0.717, 1.165) is 24.6 Å². The van der Waals surface area contributed by atoms with E-state index in [9.17, 15) is 0 Å². The Bertz CT molecular complexity index is 458. The highest BCUT2D eigenvalue weighted by Crippen LogP contribution is 2.35. The maximum Gasteiger partial charge on any atom is 0.226 e. The van der Waals surface area contributed by atoms with Crippen LogP contribution in [0.5, 0.6) is 0 Å². The molecule has 0 radical (unpaired) electrons. The van der Waals surface area contributed by atoms with Gasteiger partial charge < -0.3 is 15.0 Å². The van der Waals surface area contributed by atoms with Gasteiger partial charge in [0.15, 0.2) is 11.6 Å². The Balaban J connectivity index is 2.03. The molecule has 0 saturated carbocycles. The van der Waals surface area contributed by atoms with Crippen LogP contribution in [0, 0.1) is 0 Å². The summed E-state index contributed by atoms with van der Waals surface area (Å²) in [6.45, 7) is 3.68. The number of hydrogen-bond donors (Lipinski definition) is 1. The average molecular weight is 254 g/mol. The Hall–Kier alpha value is -1.40. The first-order chi connectivity index (χ1) is 8.34. The molecule has 2 aliphatic rings. The molecular weight excluding hydrogens is 242 g/mol. The highest BCUT2D eigenvalue weighted by atomic mass is 35.5. The molecule has 1 saturated heterocycles. The number of aliphatic imine (C=N–C) groups is 1. The van der Waals surface area contributed by atoms with Gasteiger partial charge in [-0.15, -0.1) is 0 Å². The Kier molecular flexibility index (Phi) is 2.82. The van der Waals surface area contributed by atoms with E-state index >= 15 is 0 Å². The lowest BCUT2D eigenvalue weighted by Crippen LogP contribution is -2.37. The molecule has 6 nitrogen and oxygen atoms in total. The molecule has 17 heavy (non-hydrogen) atoms. The van der Waals surface area contributed by atoms with Gasteiger partial charge in [-0.2, -0.15) is 9.97 Å². The van der Waals surface area contributed by atoms with Gasteiger partial charge in [0.05, 0.1) is 19.8 Å². The van der Waals surface area contributed by atoms with Gasteiger partial charge in [0.2, 0.25) is 5.28 Å². The molecule has 0 unspecified atom stereocenters. The molecule has 90 valence electrons. The fourth-order valence-electron chi connectivity index (χ4n) is 1.93. The Morgan fingerprint density at radius 1 is 1.29 bits per heavy atom. The molecule has 7 heteroatoms. The van der Waals surface area contributed by atoms with Crippen LogP contribution >= 0.6 is 11.6 Å². The molecule has 0 aromatic carbocycles. The summed E-state index contributed by atoms with van der Waals surface area (Å²) in [5.41, 5.74) is 0.766. The van der Waals surface area contributed by atoms with E-state index in [2.05, 4.69) is 25.2 Å². The number of aromatic nitrogens is 2. The predicted molar refractivity (Wildman–Crippen MR) is 66.7 cm³/mol. The highest BCUT2D eigenvalue weighted by Gasteiger charge is 2.21. The number of ether oxygens (including phenoxy) is 1. The molecule has 2 aliphatic heterocycles. The number of nitrogens with zero attached hydrogens (tertiary/aromatic N) is 4. The number of halogens is 1. The first-order valence-corrected chi connectivity index (χ1v) is 5.89. The topological polar surface area (TPSA) is 62.6 Å². The van der Waals surface area contributed by atoms with Crippen molar-refractivity contribution in [1.82, 2.24) is 9.97 Å². The Labute approximate surface area is 104 Å². The van der Waals surface area contributed by atoms with Gasteiger partial charge in [-0.05, 0) is 11.6 Å². The largest absolute Gasteiger partial charge is 0.378 e. The van der Waals surface area contributed by atoms with Crippen LogP contribution in [0.25, 0.3) is 0 Å². The maximum atomic E-state index is 5.93.